The maximum Gasteiger partial charge on any atom is 0.277 e. The van der Waals surface area contributed by atoms with Crippen molar-refractivity contribution in [3.05, 3.63) is 78.9 Å². The molecule has 0 aliphatic heterocycles. The summed E-state index contributed by atoms with van der Waals surface area (Å²) in [6, 6.07) is 16.3. The van der Waals surface area contributed by atoms with Crippen molar-refractivity contribution in [2.24, 2.45) is 0 Å². The van der Waals surface area contributed by atoms with E-state index < -0.39 is 0 Å². The Morgan fingerprint density at radius 1 is 1.04 bits per heavy atom. The molecule has 0 atom stereocenters. The summed E-state index contributed by atoms with van der Waals surface area (Å²) < 4.78 is 6.85. The molecule has 7 heteroatoms. The molecule has 4 rings (SSSR count). The fourth-order valence-electron chi connectivity index (χ4n) is 2.38. The number of aromatic nitrogens is 4. The van der Waals surface area contributed by atoms with Gasteiger partial charge in [-0.15, -0.1) is 0 Å². The highest BCUT2D eigenvalue weighted by Gasteiger charge is 2.16. The minimum absolute atomic E-state index is 0.189. The van der Waals surface area contributed by atoms with Crippen molar-refractivity contribution in [1.82, 2.24) is 19.9 Å². The summed E-state index contributed by atoms with van der Waals surface area (Å²) in [4.78, 5) is 16.8. The second-order valence-electron chi connectivity index (χ2n) is 5.22. The maximum atomic E-state index is 12.5. The Balaban J connectivity index is 1.59. The van der Waals surface area contributed by atoms with Gasteiger partial charge in [0.2, 0.25) is 0 Å². The van der Waals surface area contributed by atoms with E-state index in [9.17, 15) is 4.79 Å². The van der Waals surface area contributed by atoms with Crippen molar-refractivity contribution in [2.75, 3.05) is 5.32 Å². The molecular weight excluding hydrogens is 318 g/mol. The number of carbonyl (C=O) groups excluding carboxylic acids is 1. The zero-order valence-electron chi connectivity index (χ0n) is 13.0. The third-order valence-electron chi connectivity index (χ3n) is 3.56. The normalized spacial score (nSPS) is 10.6. The van der Waals surface area contributed by atoms with E-state index in [1.807, 2.05) is 30.3 Å². The van der Waals surface area contributed by atoms with Crippen LogP contribution in [0.1, 0.15) is 10.5 Å². The van der Waals surface area contributed by atoms with E-state index in [-0.39, 0.29) is 11.6 Å². The summed E-state index contributed by atoms with van der Waals surface area (Å²) in [5.41, 5.74) is 1.57. The number of anilines is 1. The highest BCUT2D eigenvalue weighted by atomic mass is 16.5. The third kappa shape index (κ3) is 3.02. The lowest BCUT2D eigenvalue weighted by molar-refractivity contribution is 0.101. The van der Waals surface area contributed by atoms with Crippen LogP contribution in [0, 0.1) is 0 Å². The first-order valence-corrected chi connectivity index (χ1v) is 7.60. The van der Waals surface area contributed by atoms with Crippen molar-refractivity contribution >= 4 is 11.6 Å². The monoisotopic (exact) mass is 331 g/mol. The SMILES string of the molecule is O=C(Nc1cccnc1-n1cccn1)c1cc(-c2ccccc2)on1. The van der Waals surface area contributed by atoms with E-state index >= 15 is 0 Å². The largest absolute Gasteiger partial charge is 0.355 e. The first-order valence-electron chi connectivity index (χ1n) is 7.60. The molecule has 1 N–H and O–H groups in total. The molecule has 3 aromatic heterocycles. The van der Waals surface area contributed by atoms with E-state index in [1.54, 1.807) is 47.5 Å². The first kappa shape index (κ1) is 14.8. The summed E-state index contributed by atoms with van der Waals surface area (Å²) in [6.07, 6.45) is 5.03. The molecule has 0 aliphatic carbocycles. The van der Waals surface area contributed by atoms with Crippen LogP contribution in [0.3, 0.4) is 0 Å². The molecule has 0 saturated heterocycles. The first-order chi connectivity index (χ1) is 12.3. The summed E-state index contributed by atoms with van der Waals surface area (Å²) >= 11 is 0. The molecule has 0 radical (unpaired) electrons. The van der Waals surface area contributed by atoms with Gasteiger partial charge in [0.25, 0.3) is 5.91 Å². The lowest BCUT2D eigenvalue weighted by atomic mass is 10.1. The number of pyridine rings is 1. The van der Waals surface area contributed by atoms with Crippen LogP contribution in [0.4, 0.5) is 5.69 Å². The molecule has 0 bridgehead atoms. The predicted molar refractivity (Wildman–Crippen MR) is 91.3 cm³/mol. The number of carbonyl (C=O) groups is 1. The van der Waals surface area contributed by atoms with Crippen LogP contribution in [0.15, 0.2) is 77.7 Å². The van der Waals surface area contributed by atoms with Crippen molar-refractivity contribution in [1.29, 1.82) is 0 Å². The molecule has 0 aliphatic rings. The van der Waals surface area contributed by atoms with Gasteiger partial charge in [-0.1, -0.05) is 35.5 Å². The Labute approximate surface area is 142 Å². The molecule has 0 unspecified atom stereocenters. The van der Waals surface area contributed by atoms with E-state index in [0.717, 1.165) is 5.56 Å². The van der Waals surface area contributed by atoms with Crippen molar-refractivity contribution in [2.45, 2.75) is 0 Å². The van der Waals surface area contributed by atoms with Crippen LogP contribution in [0.5, 0.6) is 0 Å². The highest BCUT2D eigenvalue weighted by molar-refractivity contribution is 6.04. The fraction of sp³-hybridized carbons (Fsp3) is 0. The van der Waals surface area contributed by atoms with Gasteiger partial charge in [0, 0.05) is 30.2 Å². The molecule has 0 saturated carbocycles. The molecule has 1 amide bonds. The molecular formula is C18H13N5O2. The van der Waals surface area contributed by atoms with Gasteiger partial charge in [0.15, 0.2) is 17.3 Å². The molecule has 122 valence electrons. The quantitative estimate of drug-likeness (QED) is 0.621. The number of hydrogen-bond acceptors (Lipinski definition) is 5. The number of nitrogens with zero attached hydrogens (tertiary/aromatic N) is 4. The van der Waals surface area contributed by atoms with E-state index in [2.05, 4.69) is 20.6 Å². The average Bonchev–Trinajstić information content (AvgIpc) is 3.35. The van der Waals surface area contributed by atoms with Gasteiger partial charge in [0.1, 0.15) is 0 Å². The van der Waals surface area contributed by atoms with Crippen LogP contribution >= 0.6 is 0 Å². The van der Waals surface area contributed by atoms with E-state index in [1.165, 1.54) is 0 Å². The number of rotatable bonds is 4. The van der Waals surface area contributed by atoms with Crippen LogP contribution in [-0.2, 0) is 0 Å². The maximum absolute atomic E-state index is 12.5. The molecule has 25 heavy (non-hydrogen) atoms. The number of nitrogens with one attached hydrogen (secondary N) is 1. The molecule has 3 heterocycles. The second-order valence-corrected chi connectivity index (χ2v) is 5.22. The van der Waals surface area contributed by atoms with Gasteiger partial charge in [0.05, 0.1) is 5.69 Å². The van der Waals surface area contributed by atoms with Crippen molar-refractivity contribution in [3.8, 4) is 17.1 Å². The van der Waals surface area contributed by atoms with Gasteiger partial charge >= 0.3 is 0 Å². The number of benzene rings is 1. The molecule has 7 nitrogen and oxygen atoms in total. The minimum Gasteiger partial charge on any atom is -0.355 e. The van der Waals surface area contributed by atoms with Gasteiger partial charge in [-0.2, -0.15) is 5.10 Å². The van der Waals surface area contributed by atoms with Gasteiger partial charge < -0.3 is 9.84 Å². The Morgan fingerprint density at radius 3 is 2.72 bits per heavy atom. The van der Waals surface area contributed by atoms with E-state index in [4.69, 9.17) is 4.52 Å². The van der Waals surface area contributed by atoms with Crippen molar-refractivity contribution < 1.29 is 9.32 Å². The standard InChI is InChI=1S/C18H13N5O2/c24-18(15-12-16(25-22-15)13-6-2-1-3-7-13)21-14-8-4-9-19-17(14)23-11-5-10-20-23/h1-12H,(H,21,24). The Bertz CT molecular complexity index is 993. The van der Waals surface area contributed by atoms with Gasteiger partial charge in [-0.25, -0.2) is 9.67 Å². The lowest BCUT2D eigenvalue weighted by Crippen LogP contribution is -2.15. The zero-order valence-corrected chi connectivity index (χ0v) is 13.0. The highest BCUT2D eigenvalue weighted by Crippen LogP contribution is 2.21. The minimum atomic E-state index is -0.382. The van der Waals surface area contributed by atoms with Crippen LogP contribution in [0.2, 0.25) is 0 Å². The molecule has 0 fully saturated rings. The summed E-state index contributed by atoms with van der Waals surface area (Å²) in [6.45, 7) is 0. The molecule has 4 aromatic rings. The lowest BCUT2D eigenvalue weighted by Gasteiger charge is -2.08. The Kier molecular flexibility index (Phi) is 3.80. The predicted octanol–water partition coefficient (Wildman–Crippen LogP) is 3.17. The number of amides is 1. The summed E-state index contributed by atoms with van der Waals surface area (Å²) in [7, 11) is 0. The van der Waals surface area contributed by atoms with Crippen LogP contribution in [-0.4, -0.2) is 25.8 Å². The summed E-state index contributed by atoms with van der Waals surface area (Å²) in [5.74, 6) is 0.671. The third-order valence-corrected chi connectivity index (χ3v) is 3.56. The Hall–Kier alpha value is -3.74. The molecule has 1 aromatic carbocycles. The van der Waals surface area contributed by atoms with Crippen molar-refractivity contribution in [3.63, 3.8) is 0 Å². The average molecular weight is 331 g/mol. The van der Waals surface area contributed by atoms with E-state index in [0.29, 0.717) is 17.3 Å². The summed E-state index contributed by atoms with van der Waals surface area (Å²) in [5, 5.41) is 10.8. The van der Waals surface area contributed by atoms with Crippen LogP contribution < -0.4 is 5.32 Å². The van der Waals surface area contributed by atoms with Gasteiger partial charge in [-0.3, -0.25) is 4.79 Å². The fourth-order valence-corrected chi connectivity index (χ4v) is 2.38. The topological polar surface area (TPSA) is 85.8 Å². The van der Waals surface area contributed by atoms with Gasteiger partial charge in [-0.05, 0) is 18.2 Å². The number of hydrogen-bond donors (Lipinski definition) is 1. The zero-order chi connectivity index (χ0) is 17.1. The molecule has 0 spiro atoms. The Morgan fingerprint density at radius 2 is 1.92 bits per heavy atom. The van der Waals surface area contributed by atoms with Crippen LogP contribution in [0.25, 0.3) is 17.1 Å². The smallest absolute Gasteiger partial charge is 0.277 e. The second kappa shape index (κ2) is 6.40.